The average molecular weight is 297 g/mol. The van der Waals surface area contributed by atoms with Crippen LogP contribution in [-0.2, 0) is 6.54 Å². The Morgan fingerprint density at radius 2 is 2.15 bits per heavy atom. The summed E-state index contributed by atoms with van der Waals surface area (Å²) in [5, 5.41) is 12.2. The Labute approximate surface area is 123 Å². The lowest BCUT2D eigenvalue weighted by molar-refractivity contribution is 0.0696. The molecule has 1 saturated carbocycles. The molecule has 0 bridgehead atoms. The van der Waals surface area contributed by atoms with Crippen molar-refractivity contribution in [1.29, 1.82) is 0 Å². The Kier molecular flexibility index (Phi) is 5.05. The summed E-state index contributed by atoms with van der Waals surface area (Å²) in [4.78, 5) is 10.9. The van der Waals surface area contributed by atoms with Crippen molar-refractivity contribution in [3.05, 3.63) is 35.1 Å². The third kappa shape index (κ3) is 3.52. The second-order valence-electron chi connectivity index (χ2n) is 5.31. The number of carboxylic acids is 1. The van der Waals surface area contributed by atoms with Gasteiger partial charge in [-0.25, -0.2) is 9.18 Å². The van der Waals surface area contributed by atoms with Gasteiger partial charge in [0.1, 0.15) is 5.82 Å². The second-order valence-corrected chi connectivity index (χ2v) is 6.58. The minimum absolute atomic E-state index is 0.128. The van der Waals surface area contributed by atoms with E-state index in [4.69, 9.17) is 5.11 Å². The van der Waals surface area contributed by atoms with Gasteiger partial charge in [0, 0.05) is 23.4 Å². The molecule has 1 fully saturated rings. The monoisotopic (exact) mass is 297 g/mol. The summed E-state index contributed by atoms with van der Waals surface area (Å²) in [7, 11) is 0. The van der Waals surface area contributed by atoms with Crippen LogP contribution in [0.5, 0.6) is 0 Å². The highest BCUT2D eigenvalue weighted by Crippen LogP contribution is 2.39. The summed E-state index contributed by atoms with van der Waals surface area (Å²) < 4.78 is 13.9. The van der Waals surface area contributed by atoms with Gasteiger partial charge < -0.3 is 10.4 Å². The van der Waals surface area contributed by atoms with Crippen LogP contribution in [0.15, 0.2) is 18.2 Å². The lowest BCUT2D eigenvalue weighted by Gasteiger charge is -2.27. The Morgan fingerprint density at radius 1 is 1.45 bits per heavy atom. The summed E-state index contributed by atoms with van der Waals surface area (Å²) in [5.74, 6) is -1.38. The first-order chi connectivity index (χ1) is 9.56. The number of carbonyl (C=O) groups is 1. The van der Waals surface area contributed by atoms with Gasteiger partial charge in [0.05, 0.1) is 5.56 Å². The summed E-state index contributed by atoms with van der Waals surface area (Å²) in [6.45, 7) is 1.21. The molecule has 2 N–H and O–H groups in total. The molecule has 0 amide bonds. The van der Waals surface area contributed by atoms with Crippen LogP contribution in [0.3, 0.4) is 0 Å². The maximum absolute atomic E-state index is 13.7. The maximum Gasteiger partial charge on any atom is 0.335 e. The van der Waals surface area contributed by atoms with Crippen LogP contribution >= 0.6 is 11.8 Å². The number of halogens is 1. The molecular formula is C15H20FNO2S. The molecule has 3 nitrogen and oxygen atoms in total. The van der Waals surface area contributed by atoms with Crippen molar-refractivity contribution < 1.29 is 14.3 Å². The van der Waals surface area contributed by atoms with E-state index >= 15 is 0 Å². The number of hydrogen-bond acceptors (Lipinski definition) is 3. The molecule has 1 aliphatic carbocycles. The van der Waals surface area contributed by atoms with Crippen LogP contribution in [0, 0.1) is 5.82 Å². The number of benzene rings is 1. The first-order valence-electron chi connectivity index (χ1n) is 6.84. The van der Waals surface area contributed by atoms with Crippen molar-refractivity contribution in [3.63, 3.8) is 0 Å². The zero-order valence-corrected chi connectivity index (χ0v) is 12.4. The number of thioether (sulfide) groups is 1. The van der Waals surface area contributed by atoms with Crippen LogP contribution in [0.4, 0.5) is 4.39 Å². The Bertz CT molecular complexity index is 487. The van der Waals surface area contributed by atoms with Gasteiger partial charge in [0.15, 0.2) is 0 Å². The van der Waals surface area contributed by atoms with Crippen molar-refractivity contribution in [2.45, 2.75) is 37.0 Å². The van der Waals surface area contributed by atoms with Crippen molar-refractivity contribution in [2.24, 2.45) is 0 Å². The highest BCUT2D eigenvalue weighted by Gasteiger charge is 2.32. The maximum atomic E-state index is 13.7. The van der Waals surface area contributed by atoms with E-state index in [1.165, 1.54) is 43.9 Å². The summed E-state index contributed by atoms with van der Waals surface area (Å²) in [6.07, 6.45) is 7.02. The summed E-state index contributed by atoms with van der Waals surface area (Å²) in [5.41, 5.74) is 0.544. The lowest BCUT2D eigenvalue weighted by Crippen LogP contribution is -2.34. The standard InChI is InChI=1S/C15H20FNO2S/c1-20-15(6-2-3-7-15)10-17-9-12-8-11(14(18)19)4-5-13(12)16/h4-5,8,17H,2-3,6-7,9-10H2,1H3,(H,18,19). The van der Waals surface area contributed by atoms with E-state index in [1.807, 2.05) is 11.8 Å². The van der Waals surface area contributed by atoms with Gasteiger partial charge in [-0.05, 0) is 37.3 Å². The fourth-order valence-corrected chi connectivity index (χ4v) is 3.68. The predicted molar refractivity (Wildman–Crippen MR) is 79.8 cm³/mol. The highest BCUT2D eigenvalue weighted by atomic mass is 32.2. The Hall–Kier alpha value is -1.07. The smallest absolute Gasteiger partial charge is 0.335 e. The number of carboxylic acid groups (broad SMARTS) is 1. The van der Waals surface area contributed by atoms with Gasteiger partial charge in [0.2, 0.25) is 0 Å². The molecule has 110 valence electrons. The van der Waals surface area contributed by atoms with Gasteiger partial charge in [0.25, 0.3) is 0 Å². The first kappa shape index (κ1) is 15.3. The molecule has 2 rings (SSSR count). The molecule has 0 atom stereocenters. The third-order valence-electron chi connectivity index (χ3n) is 4.00. The minimum Gasteiger partial charge on any atom is -0.478 e. The first-order valence-corrected chi connectivity index (χ1v) is 8.06. The minimum atomic E-state index is -1.03. The van der Waals surface area contributed by atoms with E-state index in [2.05, 4.69) is 11.6 Å². The molecule has 20 heavy (non-hydrogen) atoms. The van der Waals surface area contributed by atoms with Gasteiger partial charge in [-0.3, -0.25) is 0 Å². The predicted octanol–water partition coefficient (Wildman–Crippen LogP) is 3.29. The Morgan fingerprint density at radius 3 is 2.75 bits per heavy atom. The molecular weight excluding hydrogens is 277 g/mol. The van der Waals surface area contributed by atoms with Crippen molar-refractivity contribution in [1.82, 2.24) is 5.32 Å². The van der Waals surface area contributed by atoms with E-state index in [0.29, 0.717) is 12.1 Å². The average Bonchev–Trinajstić information content (AvgIpc) is 2.90. The molecule has 1 aromatic carbocycles. The second kappa shape index (κ2) is 6.59. The fraction of sp³-hybridized carbons (Fsp3) is 0.533. The van der Waals surface area contributed by atoms with Crippen LogP contribution in [-0.4, -0.2) is 28.6 Å². The topological polar surface area (TPSA) is 49.3 Å². The zero-order valence-electron chi connectivity index (χ0n) is 11.6. The molecule has 1 aromatic rings. The lowest BCUT2D eigenvalue weighted by atomic mass is 10.1. The molecule has 0 radical (unpaired) electrons. The van der Waals surface area contributed by atoms with E-state index in [9.17, 15) is 9.18 Å². The summed E-state index contributed by atoms with van der Waals surface area (Å²) in [6, 6.07) is 3.92. The molecule has 0 saturated heterocycles. The van der Waals surface area contributed by atoms with Crippen molar-refractivity contribution in [2.75, 3.05) is 12.8 Å². The van der Waals surface area contributed by atoms with Gasteiger partial charge >= 0.3 is 5.97 Å². The molecule has 0 spiro atoms. The van der Waals surface area contributed by atoms with E-state index < -0.39 is 5.97 Å². The van der Waals surface area contributed by atoms with Crippen molar-refractivity contribution >= 4 is 17.7 Å². The van der Waals surface area contributed by atoms with Crippen LogP contribution in [0.1, 0.15) is 41.6 Å². The van der Waals surface area contributed by atoms with E-state index in [-0.39, 0.29) is 16.1 Å². The quantitative estimate of drug-likeness (QED) is 0.846. The van der Waals surface area contributed by atoms with E-state index in [1.54, 1.807) is 0 Å². The normalized spacial score (nSPS) is 17.3. The SMILES string of the molecule is CSC1(CNCc2cc(C(=O)O)ccc2F)CCCC1. The number of hydrogen-bond donors (Lipinski definition) is 2. The van der Waals surface area contributed by atoms with Crippen LogP contribution in [0.2, 0.25) is 0 Å². The summed E-state index contributed by atoms with van der Waals surface area (Å²) >= 11 is 1.88. The van der Waals surface area contributed by atoms with Gasteiger partial charge in [-0.1, -0.05) is 12.8 Å². The number of rotatable bonds is 6. The number of nitrogens with one attached hydrogen (secondary N) is 1. The fourth-order valence-electron chi connectivity index (χ4n) is 2.74. The molecule has 1 aliphatic rings. The molecule has 5 heteroatoms. The van der Waals surface area contributed by atoms with E-state index in [0.717, 1.165) is 6.54 Å². The van der Waals surface area contributed by atoms with Crippen LogP contribution in [0.25, 0.3) is 0 Å². The zero-order chi connectivity index (χ0) is 14.6. The van der Waals surface area contributed by atoms with Gasteiger partial charge in [-0.2, -0.15) is 11.8 Å². The Balaban J connectivity index is 1.96. The van der Waals surface area contributed by atoms with Crippen LogP contribution < -0.4 is 5.32 Å². The third-order valence-corrected chi connectivity index (χ3v) is 5.42. The highest BCUT2D eigenvalue weighted by molar-refractivity contribution is 8.00. The molecule has 0 unspecified atom stereocenters. The number of aromatic carboxylic acids is 1. The molecule has 0 aromatic heterocycles. The largest absolute Gasteiger partial charge is 0.478 e. The van der Waals surface area contributed by atoms with Crippen molar-refractivity contribution in [3.8, 4) is 0 Å². The van der Waals surface area contributed by atoms with Gasteiger partial charge in [-0.15, -0.1) is 0 Å². The molecule has 0 aliphatic heterocycles. The molecule has 0 heterocycles.